The summed E-state index contributed by atoms with van der Waals surface area (Å²) in [6, 6.07) is 22.7. The lowest BCUT2D eigenvalue weighted by atomic mass is 10.3. The average molecular weight is 323 g/mol. The van der Waals surface area contributed by atoms with Crippen molar-refractivity contribution in [1.29, 1.82) is 0 Å². The van der Waals surface area contributed by atoms with Crippen LogP contribution < -0.4 is 10.4 Å². The van der Waals surface area contributed by atoms with Gasteiger partial charge >= 0.3 is 0 Å². The van der Waals surface area contributed by atoms with Gasteiger partial charge in [-0.2, -0.15) is 0 Å². The number of unbranched alkanes of at least 4 members (excludes halogenated alkanes) is 2. The van der Waals surface area contributed by atoms with Gasteiger partial charge in [-0.15, -0.1) is 12.3 Å². The smallest absolute Gasteiger partial charge is 0.255 e. The van der Waals surface area contributed by atoms with Gasteiger partial charge in [0.25, 0.3) is 8.32 Å². The van der Waals surface area contributed by atoms with Crippen LogP contribution in [0.15, 0.2) is 60.7 Å². The van der Waals surface area contributed by atoms with E-state index in [1.54, 1.807) is 0 Å². The summed E-state index contributed by atoms with van der Waals surface area (Å²) in [5.41, 5.74) is 0. The highest BCUT2D eigenvalue weighted by Gasteiger charge is 2.38. The standard InChI is InChI=1S/C21H26OSi/c1-3-5-13-18-22-23(19-6-4-2,20-14-9-7-10-15-20)21-16-11-8-12-17-21/h1,7-12,14-17H,4-6,13,18-19H2,2H3. The van der Waals surface area contributed by atoms with Gasteiger partial charge in [0.1, 0.15) is 0 Å². The first-order chi connectivity index (χ1) is 11.3. The molecule has 1 nitrogen and oxygen atoms in total. The van der Waals surface area contributed by atoms with Crippen LogP contribution in [0.3, 0.4) is 0 Å². The zero-order valence-corrected chi connectivity index (χ0v) is 15.0. The molecule has 2 rings (SSSR count). The molecule has 0 N–H and O–H groups in total. The molecular formula is C21H26OSi. The van der Waals surface area contributed by atoms with Crippen molar-refractivity contribution in [1.82, 2.24) is 0 Å². The molecule has 0 atom stereocenters. The summed E-state index contributed by atoms with van der Waals surface area (Å²) in [6.45, 7) is 2.98. The second-order valence-corrected chi connectivity index (χ2v) is 9.42. The van der Waals surface area contributed by atoms with Crippen molar-refractivity contribution in [2.75, 3.05) is 6.61 Å². The Balaban J connectivity index is 2.39. The third-order valence-corrected chi connectivity index (χ3v) is 8.46. The molecule has 0 aliphatic heterocycles. The molecule has 0 heterocycles. The first kappa shape index (κ1) is 17.5. The molecule has 0 unspecified atom stereocenters. The van der Waals surface area contributed by atoms with Gasteiger partial charge in [0, 0.05) is 13.0 Å². The topological polar surface area (TPSA) is 9.23 Å². The molecular weight excluding hydrogens is 296 g/mol. The van der Waals surface area contributed by atoms with Crippen molar-refractivity contribution in [3.8, 4) is 12.3 Å². The van der Waals surface area contributed by atoms with Crippen molar-refractivity contribution in [3.63, 3.8) is 0 Å². The Morgan fingerprint density at radius 2 is 1.48 bits per heavy atom. The minimum Gasteiger partial charge on any atom is -0.408 e. The fourth-order valence-electron chi connectivity index (χ4n) is 2.96. The molecule has 0 bridgehead atoms. The molecule has 0 aliphatic rings. The number of hydrogen-bond donors (Lipinski definition) is 0. The molecule has 0 aromatic heterocycles. The largest absolute Gasteiger partial charge is 0.408 e. The van der Waals surface area contributed by atoms with Gasteiger partial charge in [-0.3, -0.25) is 0 Å². The van der Waals surface area contributed by atoms with E-state index in [-0.39, 0.29) is 0 Å². The highest BCUT2D eigenvalue weighted by molar-refractivity contribution is 6.97. The number of rotatable bonds is 9. The molecule has 0 amide bonds. The molecule has 0 saturated carbocycles. The maximum Gasteiger partial charge on any atom is 0.255 e. The lowest BCUT2D eigenvalue weighted by Gasteiger charge is -2.32. The molecule has 0 fully saturated rings. The normalized spacial score (nSPS) is 11.1. The Kier molecular flexibility index (Phi) is 7.12. The van der Waals surface area contributed by atoms with Crippen molar-refractivity contribution in [3.05, 3.63) is 60.7 Å². The van der Waals surface area contributed by atoms with Gasteiger partial charge in [0.2, 0.25) is 0 Å². The Morgan fingerprint density at radius 1 is 0.913 bits per heavy atom. The SMILES string of the molecule is C#CCCCO[Si](CCCC)(c1ccccc1)c1ccccc1. The van der Waals surface area contributed by atoms with E-state index in [0.29, 0.717) is 0 Å². The fraction of sp³-hybridized carbons (Fsp3) is 0.333. The predicted octanol–water partition coefficient (Wildman–Crippen LogP) is 3.98. The fourth-order valence-corrected chi connectivity index (χ4v) is 7.15. The predicted molar refractivity (Wildman–Crippen MR) is 102 cm³/mol. The van der Waals surface area contributed by atoms with Crippen LogP contribution in [-0.2, 0) is 4.43 Å². The van der Waals surface area contributed by atoms with Crippen molar-refractivity contribution in [2.45, 2.75) is 38.7 Å². The van der Waals surface area contributed by atoms with E-state index in [1.807, 2.05) is 0 Å². The summed E-state index contributed by atoms with van der Waals surface area (Å²) in [7, 11) is -2.19. The summed E-state index contributed by atoms with van der Waals surface area (Å²) in [5.74, 6) is 2.71. The monoisotopic (exact) mass is 322 g/mol. The van der Waals surface area contributed by atoms with Gasteiger partial charge in [0.05, 0.1) is 0 Å². The highest BCUT2D eigenvalue weighted by atomic mass is 28.4. The molecule has 2 aromatic carbocycles. The van der Waals surface area contributed by atoms with Crippen LogP contribution in [0.4, 0.5) is 0 Å². The minimum absolute atomic E-state index is 0.740. The van der Waals surface area contributed by atoms with Crippen LogP contribution in [0.5, 0.6) is 0 Å². The maximum atomic E-state index is 6.65. The van der Waals surface area contributed by atoms with E-state index < -0.39 is 8.32 Å². The molecule has 0 spiro atoms. The minimum atomic E-state index is -2.19. The first-order valence-corrected chi connectivity index (χ1v) is 10.6. The van der Waals surface area contributed by atoms with Crippen molar-refractivity contribution in [2.24, 2.45) is 0 Å². The molecule has 0 radical (unpaired) electrons. The van der Waals surface area contributed by atoms with Gasteiger partial charge in [0.15, 0.2) is 0 Å². The van der Waals surface area contributed by atoms with Crippen LogP contribution in [0, 0.1) is 12.3 Å². The molecule has 2 heteroatoms. The van der Waals surface area contributed by atoms with Crippen LogP contribution in [0.25, 0.3) is 0 Å². The van der Waals surface area contributed by atoms with Gasteiger partial charge in [-0.25, -0.2) is 0 Å². The van der Waals surface area contributed by atoms with E-state index in [9.17, 15) is 0 Å². The quantitative estimate of drug-likeness (QED) is 0.385. The third kappa shape index (κ3) is 4.57. The third-order valence-electron chi connectivity index (χ3n) is 4.18. The lowest BCUT2D eigenvalue weighted by Crippen LogP contribution is -2.60. The molecule has 2 aromatic rings. The zero-order valence-electron chi connectivity index (χ0n) is 14.0. The van der Waals surface area contributed by atoms with Crippen molar-refractivity contribution >= 4 is 18.7 Å². The highest BCUT2D eigenvalue weighted by Crippen LogP contribution is 2.17. The van der Waals surface area contributed by atoms with E-state index in [2.05, 4.69) is 73.5 Å². The van der Waals surface area contributed by atoms with E-state index >= 15 is 0 Å². The first-order valence-electron chi connectivity index (χ1n) is 8.52. The van der Waals surface area contributed by atoms with Crippen LogP contribution in [0.2, 0.25) is 6.04 Å². The van der Waals surface area contributed by atoms with Crippen LogP contribution >= 0.6 is 0 Å². The number of benzene rings is 2. The summed E-state index contributed by atoms with van der Waals surface area (Å²) >= 11 is 0. The summed E-state index contributed by atoms with van der Waals surface area (Å²) in [4.78, 5) is 0. The summed E-state index contributed by atoms with van der Waals surface area (Å²) < 4.78 is 6.65. The zero-order chi connectivity index (χ0) is 16.4. The molecule has 23 heavy (non-hydrogen) atoms. The number of terminal acetylenes is 1. The lowest BCUT2D eigenvalue weighted by molar-refractivity contribution is 0.309. The maximum absolute atomic E-state index is 6.65. The second-order valence-electron chi connectivity index (χ2n) is 5.82. The molecule has 120 valence electrons. The van der Waals surface area contributed by atoms with Crippen LogP contribution in [-0.4, -0.2) is 14.9 Å². The van der Waals surface area contributed by atoms with E-state index in [4.69, 9.17) is 10.8 Å². The van der Waals surface area contributed by atoms with Crippen molar-refractivity contribution < 1.29 is 4.43 Å². The van der Waals surface area contributed by atoms with Gasteiger partial charge in [-0.05, 0) is 22.8 Å². The summed E-state index contributed by atoms with van der Waals surface area (Å²) in [5, 5.41) is 2.72. The van der Waals surface area contributed by atoms with Gasteiger partial charge in [-0.1, -0.05) is 80.4 Å². The van der Waals surface area contributed by atoms with Crippen LogP contribution in [0.1, 0.15) is 32.6 Å². The molecule has 0 saturated heterocycles. The number of hydrogen-bond acceptors (Lipinski definition) is 1. The summed E-state index contributed by atoms with van der Waals surface area (Å²) in [6.07, 6.45) is 9.46. The molecule has 0 aliphatic carbocycles. The average Bonchev–Trinajstić information content (AvgIpc) is 2.63. The van der Waals surface area contributed by atoms with E-state index in [1.165, 1.54) is 23.2 Å². The Hall–Kier alpha value is -1.82. The Bertz CT molecular complexity index is 561. The van der Waals surface area contributed by atoms with Gasteiger partial charge < -0.3 is 4.43 Å². The Morgan fingerprint density at radius 3 is 1.96 bits per heavy atom. The van der Waals surface area contributed by atoms with E-state index in [0.717, 1.165) is 25.5 Å². The Labute approximate surface area is 141 Å². The second kappa shape index (κ2) is 9.35.